The lowest BCUT2D eigenvalue weighted by atomic mass is 9.70. The van der Waals surface area contributed by atoms with Crippen molar-refractivity contribution in [2.45, 2.75) is 61.6 Å². The Balaban J connectivity index is 1.40. The van der Waals surface area contributed by atoms with E-state index in [1.165, 1.54) is 16.9 Å². The second kappa shape index (κ2) is 17.1. The molecule has 3 amide bonds. The Kier molecular flexibility index (Phi) is 12.3. The van der Waals surface area contributed by atoms with Gasteiger partial charge in [-0.3, -0.25) is 19.2 Å². The highest BCUT2D eigenvalue weighted by molar-refractivity contribution is 6.30. The first-order valence-corrected chi connectivity index (χ1v) is 18.5. The van der Waals surface area contributed by atoms with Crippen LogP contribution in [0.4, 0.5) is 5.69 Å². The highest BCUT2D eigenvalue weighted by Gasteiger charge is 2.76. The summed E-state index contributed by atoms with van der Waals surface area (Å²) < 4.78 is 18.5. The summed E-state index contributed by atoms with van der Waals surface area (Å²) in [6.07, 6.45) is 2.93. The smallest absolute Gasteiger partial charge is 0.313 e. The number of fused-ring (bicyclic) bond motifs is 1. The molecule has 6 rings (SSSR count). The number of esters is 1. The first-order chi connectivity index (χ1) is 26.2. The van der Waals surface area contributed by atoms with E-state index in [0.717, 1.165) is 0 Å². The summed E-state index contributed by atoms with van der Waals surface area (Å²) in [4.78, 5) is 60.6. The SMILES string of the molecule is C=CCCC(=O)N[C@H](COC)[C@H](OC(=O)[C@@H]1[C@@H]2CC[C@]3(O2)[C@H](C(=O)N(CC=C)c2ccc(Cl)cc2)N([C@H](CO)c2ccccc2)C(=O)[C@@H]13)c1ccccc1. The predicted molar refractivity (Wildman–Crippen MR) is 203 cm³/mol. The number of benzene rings is 3. The molecule has 284 valence electrons. The Morgan fingerprint density at radius 1 is 1.04 bits per heavy atom. The number of methoxy groups -OCH3 is 1. The number of aliphatic hydroxyl groups excluding tert-OH is 1. The molecule has 0 unspecified atom stereocenters. The number of rotatable bonds is 17. The number of nitrogens with zero attached hydrogens (tertiary/aromatic N) is 2. The van der Waals surface area contributed by atoms with E-state index in [2.05, 4.69) is 18.5 Å². The maximum absolute atomic E-state index is 15.0. The third kappa shape index (κ3) is 7.46. The number of allylic oxidation sites excluding steroid dienone is 1. The zero-order chi connectivity index (χ0) is 38.4. The molecule has 3 aromatic carbocycles. The summed E-state index contributed by atoms with van der Waals surface area (Å²) in [5, 5.41) is 14.3. The quantitative estimate of drug-likeness (QED) is 0.139. The topological polar surface area (TPSA) is 135 Å². The molecule has 3 saturated heterocycles. The molecule has 3 aliphatic heterocycles. The fraction of sp³-hybridized carbons (Fsp3) is 0.381. The Bertz CT molecular complexity index is 1830. The van der Waals surface area contributed by atoms with Gasteiger partial charge in [-0.1, -0.05) is 84.4 Å². The summed E-state index contributed by atoms with van der Waals surface area (Å²) in [6.45, 7) is 7.23. The van der Waals surface area contributed by atoms with Crippen molar-refractivity contribution in [2.75, 3.05) is 31.8 Å². The normalized spacial score (nSPS) is 24.3. The van der Waals surface area contributed by atoms with Gasteiger partial charge in [0.15, 0.2) is 0 Å². The Labute approximate surface area is 320 Å². The molecule has 3 aromatic rings. The number of amides is 3. The summed E-state index contributed by atoms with van der Waals surface area (Å²) in [5.41, 5.74) is 0.376. The van der Waals surface area contributed by atoms with Gasteiger partial charge in [-0.15, -0.1) is 13.2 Å². The van der Waals surface area contributed by atoms with Crippen molar-refractivity contribution >= 4 is 41.0 Å². The molecular formula is C42H46ClN3O8. The predicted octanol–water partition coefficient (Wildman–Crippen LogP) is 5.35. The van der Waals surface area contributed by atoms with Crippen molar-refractivity contribution in [1.29, 1.82) is 0 Å². The van der Waals surface area contributed by atoms with E-state index in [-0.39, 0.29) is 25.5 Å². The van der Waals surface area contributed by atoms with E-state index < -0.39 is 72.2 Å². The lowest BCUT2D eigenvalue weighted by Gasteiger charge is -2.39. The van der Waals surface area contributed by atoms with E-state index in [9.17, 15) is 14.7 Å². The van der Waals surface area contributed by atoms with Gasteiger partial charge in [-0.2, -0.15) is 0 Å². The molecule has 8 atom stereocenters. The fourth-order valence-electron chi connectivity index (χ4n) is 8.35. The number of aliphatic hydroxyl groups is 1. The molecule has 3 heterocycles. The molecular weight excluding hydrogens is 710 g/mol. The molecule has 11 nitrogen and oxygen atoms in total. The number of hydrogen-bond donors (Lipinski definition) is 2. The van der Waals surface area contributed by atoms with Crippen LogP contribution in [-0.4, -0.2) is 84.4 Å². The Morgan fingerprint density at radius 3 is 2.31 bits per heavy atom. The van der Waals surface area contributed by atoms with Gasteiger partial charge in [-0.25, -0.2) is 0 Å². The molecule has 12 heteroatoms. The second-order valence-corrected chi connectivity index (χ2v) is 14.3. The van der Waals surface area contributed by atoms with Gasteiger partial charge in [0.1, 0.15) is 17.7 Å². The molecule has 3 aliphatic rings. The second-order valence-electron chi connectivity index (χ2n) is 13.8. The lowest BCUT2D eigenvalue weighted by molar-refractivity contribution is -0.163. The molecule has 0 aromatic heterocycles. The number of likely N-dealkylation sites (tertiary alicyclic amines) is 1. The van der Waals surface area contributed by atoms with Gasteiger partial charge < -0.3 is 34.4 Å². The maximum Gasteiger partial charge on any atom is 0.313 e. The highest BCUT2D eigenvalue weighted by Crippen LogP contribution is 2.60. The van der Waals surface area contributed by atoms with E-state index in [1.54, 1.807) is 84.9 Å². The average Bonchev–Trinajstić information content (AvgIpc) is 3.84. The molecule has 2 bridgehead atoms. The molecule has 0 radical (unpaired) electrons. The number of anilines is 1. The summed E-state index contributed by atoms with van der Waals surface area (Å²) >= 11 is 6.20. The van der Waals surface area contributed by atoms with Crippen molar-refractivity contribution in [3.63, 3.8) is 0 Å². The molecule has 0 saturated carbocycles. The van der Waals surface area contributed by atoms with Crippen LogP contribution in [0.2, 0.25) is 5.02 Å². The molecule has 54 heavy (non-hydrogen) atoms. The third-order valence-electron chi connectivity index (χ3n) is 10.7. The van der Waals surface area contributed by atoms with E-state index >= 15 is 9.59 Å². The van der Waals surface area contributed by atoms with Gasteiger partial charge >= 0.3 is 5.97 Å². The number of hydrogen-bond acceptors (Lipinski definition) is 8. The Morgan fingerprint density at radius 2 is 1.70 bits per heavy atom. The van der Waals surface area contributed by atoms with Gasteiger partial charge in [0, 0.05) is 30.8 Å². The minimum atomic E-state index is -1.40. The zero-order valence-electron chi connectivity index (χ0n) is 30.2. The third-order valence-corrected chi connectivity index (χ3v) is 10.9. The average molecular weight is 756 g/mol. The van der Waals surface area contributed by atoms with Crippen LogP contribution in [0.15, 0.2) is 110 Å². The first kappa shape index (κ1) is 38.9. The lowest BCUT2D eigenvalue weighted by Crippen LogP contribution is -2.57. The van der Waals surface area contributed by atoms with Gasteiger partial charge in [0.25, 0.3) is 5.91 Å². The molecule has 1 spiro atoms. The van der Waals surface area contributed by atoms with E-state index in [0.29, 0.717) is 41.1 Å². The van der Waals surface area contributed by atoms with Gasteiger partial charge in [0.2, 0.25) is 11.8 Å². The molecule has 2 N–H and O–H groups in total. The van der Waals surface area contributed by atoms with Crippen LogP contribution in [0.5, 0.6) is 0 Å². The standard InChI is InChI=1S/C42H46ClN3O8/c1-4-6-17-34(48)44-31(26-52-3)37(28-15-11-8-12-16-28)53-41(51)35-33-22-23-42(54-33)36(35)39(49)46(32(25-47)27-13-9-7-10-14-27)38(42)40(50)45(24-5-2)30-20-18-29(43)19-21-30/h4-5,7-16,18-21,31-33,35-38,47H,1-2,6,17,22-26H2,3H3,(H,44,48)/t31-,32-,33+,35-,36-,37-,38+,42-/m1/s1. The number of carbonyl (C=O) groups excluding carboxylic acids is 4. The summed E-state index contributed by atoms with van der Waals surface area (Å²) in [7, 11) is 1.49. The van der Waals surface area contributed by atoms with Crippen LogP contribution in [-0.2, 0) is 33.4 Å². The van der Waals surface area contributed by atoms with Crippen molar-refractivity contribution in [3.8, 4) is 0 Å². The van der Waals surface area contributed by atoms with Crippen molar-refractivity contribution < 1.29 is 38.5 Å². The van der Waals surface area contributed by atoms with Crippen molar-refractivity contribution in [2.24, 2.45) is 11.8 Å². The van der Waals surface area contributed by atoms with Crippen LogP contribution >= 0.6 is 11.6 Å². The number of carbonyl (C=O) groups is 4. The number of nitrogens with one attached hydrogen (secondary N) is 1. The van der Waals surface area contributed by atoms with Crippen LogP contribution in [0, 0.1) is 11.8 Å². The zero-order valence-corrected chi connectivity index (χ0v) is 31.0. The van der Waals surface area contributed by atoms with Crippen LogP contribution in [0.3, 0.4) is 0 Å². The monoisotopic (exact) mass is 755 g/mol. The van der Waals surface area contributed by atoms with Crippen LogP contribution < -0.4 is 10.2 Å². The van der Waals surface area contributed by atoms with Crippen LogP contribution in [0.1, 0.15) is 49.0 Å². The molecule has 3 fully saturated rings. The maximum atomic E-state index is 15.0. The summed E-state index contributed by atoms with van der Waals surface area (Å²) in [6, 6.07) is 21.9. The Hall–Kier alpha value is -4.81. The van der Waals surface area contributed by atoms with Crippen molar-refractivity contribution in [3.05, 3.63) is 126 Å². The van der Waals surface area contributed by atoms with Crippen molar-refractivity contribution in [1.82, 2.24) is 10.2 Å². The number of halogens is 1. The number of ether oxygens (including phenoxy) is 3. The highest BCUT2D eigenvalue weighted by atomic mass is 35.5. The fourth-order valence-corrected chi connectivity index (χ4v) is 8.48. The largest absolute Gasteiger partial charge is 0.455 e. The van der Waals surface area contributed by atoms with E-state index in [4.69, 9.17) is 25.8 Å². The summed E-state index contributed by atoms with van der Waals surface area (Å²) in [5.74, 6) is -4.05. The van der Waals surface area contributed by atoms with Gasteiger partial charge in [0.05, 0.1) is 43.2 Å². The molecule has 0 aliphatic carbocycles. The van der Waals surface area contributed by atoms with Gasteiger partial charge in [-0.05, 0) is 54.7 Å². The van der Waals surface area contributed by atoms with Crippen LogP contribution in [0.25, 0.3) is 0 Å². The van der Waals surface area contributed by atoms with E-state index in [1.807, 2.05) is 12.1 Å². The first-order valence-electron chi connectivity index (χ1n) is 18.2. The minimum Gasteiger partial charge on any atom is -0.455 e. The minimum absolute atomic E-state index is 0.0347.